The number of hydrogen-bond donors (Lipinski definition) is 0. The second-order valence-electron chi connectivity index (χ2n) is 8.82. The molecule has 31 heavy (non-hydrogen) atoms. The number of ether oxygens (including phenoxy) is 1. The second kappa shape index (κ2) is 10.4. The molecular formula is C28H32F2O. The van der Waals surface area contributed by atoms with E-state index in [9.17, 15) is 8.78 Å². The largest absolute Gasteiger partial charge is 0.368 e. The van der Waals surface area contributed by atoms with Crippen molar-refractivity contribution in [2.45, 2.75) is 64.4 Å². The van der Waals surface area contributed by atoms with Crippen LogP contribution in [0.3, 0.4) is 0 Å². The van der Waals surface area contributed by atoms with E-state index >= 15 is 0 Å². The number of hydrogen-bond acceptors (Lipinski definition) is 1. The molecule has 1 nitrogen and oxygen atoms in total. The summed E-state index contributed by atoms with van der Waals surface area (Å²) in [5.74, 6) is -0.901. The maximum absolute atomic E-state index is 14.5. The summed E-state index contributed by atoms with van der Waals surface area (Å²) >= 11 is 0. The standard InChI is InChI=1S/C28H32F2O/c1-2-3-6-20-9-11-21(12-10-20)7-4-5-8-22-13-15-23(16-14-22)24-17-18-25(26-19-31-26)28(30)27(24)29/h4,7,9,13-18,21,26H,2-3,5-6,8,10-12,19H2,1H3/b7-4+. The summed E-state index contributed by atoms with van der Waals surface area (Å²) in [4.78, 5) is 0. The Labute approximate surface area is 184 Å². The predicted octanol–water partition coefficient (Wildman–Crippen LogP) is 8.11. The average molecular weight is 423 g/mol. The first-order valence-electron chi connectivity index (χ1n) is 11.7. The summed E-state index contributed by atoms with van der Waals surface area (Å²) in [7, 11) is 0. The smallest absolute Gasteiger partial charge is 0.167 e. The van der Waals surface area contributed by atoms with E-state index in [0.717, 1.165) is 12.8 Å². The van der Waals surface area contributed by atoms with Crippen LogP contribution in [0.1, 0.15) is 69.1 Å². The molecule has 0 radical (unpaired) electrons. The number of halogens is 2. The van der Waals surface area contributed by atoms with Crippen molar-refractivity contribution in [3.63, 3.8) is 0 Å². The first kappa shape index (κ1) is 22.0. The Morgan fingerprint density at radius 3 is 2.52 bits per heavy atom. The molecule has 4 rings (SSSR count). The molecule has 1 aliphatic heterocycles. The Balaban J connectivity index is 1.28. The van der Waals surface area contributed by atoms with Gasteiger partial charge < -0.3 is 4.74 Å². The van der Waals surface area contributed by atoms with Gasteiger partial charge in [-0.2, -0.15) is 0 Å². The molecule has 2 aromatic carbocycles. The molecule has 0 saturated carbocycles. The molecule has 0 N–H and O–H groups in total. The van der Waals surface area contributed by atoms with Crippen molar-refractivity contribution in [1.29, 1.82) is 0 Å². The lowest BCUT2D eigenvalue weighted by Crippen LogP contribution is -2.03. The van der Waals surface area contributed by atoms with E-state index in [1.807, 2.05) is 24.3 Å². The topological polar surface area (TPSA) is 12.5 Å². The van der Waals surface area contributed by atoms with E-state index in [4.69, 9.17) is 4.74 Å². The van der Waals surface area contributed by atoms with Gasteiger partial charge in [0.15, 0.2) is 11.6 Å². The van der Waals surface area contributed by atoms with Gasteiger partial charge in [-0.25, -0.2) is 8.78 Å². The molecular weight excluding hydrogens is 390 g/mol. The number of rotatable bonds is 9. The summed E-state index contributed by atoms with van der Waals surface area (Å²) in [5.41, 5.74) is 4.18. The first-order valence-corrected chi connectivity index (χ1v) is 11.7. The fourth-order valence-corrected chi connectivity index (χ4v) is 4.37. The molecule has 1 fully saturated rings. The Kier molecular flexibility index (Phi) is 7.34. The minimum Gasteiger partial charge on any atom is -0.368 e. The van der Waals surface area contributed by atoms with Crippen molar-refractivity contribution >= 4 is 0 Å². The third kappa shape index (κ3) is 5.71. The summed E-state index contributed by atoms with van der Waals surface area (Å²) in [6.07, 6.45) is 16.4. The van der Waals surface area contributed by atoms with Crippen molar-refractivity contribution in [3.05, 3.63) is 83.0 Å². The van der Waals surface area contributed by atoms with Crippen LogP contribution in [0.15, 0.2) is 60.2 Å². The maximum Gasteiger partial charge on any atom is 0.167 e. The Morgan fingerprint density at radius 1 is 1.03 bits per heavy atom. The van der Waals surface area contributed by atoms with Crippen LogP contribution in [-0.2, 0) is 11.2 Å². The minimum absolute atomic E-state index is 0.285. The molecule has 0 aromatic heterocycles. The van der Waals surface area contributed by atoms with Gasteiger partial charge in [0.05, 0.1) is 6.61 Å². The summed E-state index contributed by atoms with van der Waals surface area (Å²) in [6, 6.07) is 11.1. The van der Waals surface area contributed by atoms with Gasteiger partial charge in [-0.05, 0) is 62.0 Å². The van der Waals surface area contributed by atoms with E-state index in [2.05, 4.69) is 25.2 Å². The number of allylic oxidation sites excluding steroid dienone is 4. The van der Waals surface area contributed by atoms with Crippen molar-refractivity contribution in [1.82, 2.24) is 0 Å². The van der Waals surface area contributed by atoms with E-state index < -0.39 is 11.6 Å². The third-order valence-corrected chi connectivity index (χ3v) is 6.46. The Bertz CT molecular complexity index is 938. The molecule has 0 amide bonds. The van der Waals surface area contributed by atoms with Gasteiger partial charge in [0.25, 0.3) is 0 Å². The van der Waals surface area contributed by atoms with Gasteiger partial charge in [0, 0.05) is 11.1 Å². The van der Waals surface area contributed by atoms with E-state index in [0.29, 0.717) is 29.2 Å². The van der Waals surface area contributed by atoms with Gasteiger partial charge in [0.2, 0.25) is 0 Å². The van der Waals surface area contributed by atoms with Gasteiger partial charge >= 0.3 is 0 Å². The van der Waals surface area contributed by atoms with Crippen molar-refractivity contribution in [2.75, 3.05) is 6.61 Å². The average Bonchev–Trinajstić information content (AvgIpc) is 3.64. The fraction of sp³-hybridized carbons (Fsp3) is 0.429. The van der Waals surface area contributed by atoms with Crippen LogP contribution in [0.25, 0.3) is 11.1 Å². The summed E-state index contributed by atoms with van der Waals surface area (Å²) < 4.78 is 33.9. The molecule has 2 aliphatic rings. The molecule has 3 heteroatoms. The van der Waals surface area contributed by atoms with Crippen LogP contribution in [0.2, 0.25) is 0 Å². The summed E-state index contributed by atoms with van der Waals surface area (Å²) in [5, 5.41) is 0. The van der Waals surface area contributed by atoms with Crippen LogP contribution < -0.4 is 0 Å². The zero-order valence-corrected chi connectivity index (χ0v) is 18.4. The molecule has 2 unspecified atom stereocenters. The quantitative estimate of drug-likeness (QED) is 0.294. The highest BCUT2D eigenvalue weighted by Crippen LogP contribution is 2.35. The molecule has 164 valence electrons. The van der Waals surface area contributed by atoms with E-state index in [-0.39, 0.29) is 6.10 Å². The van der Waals surface area contributed by atoms with Crippen LogP contribution in [0.4, 0.5) is 8.78 Å². The highest BCUT2D eigenvalue weighted by atomic mass is 19.2. The van der Waals surface area contributed by atoms with Gasteiger partial charge in [-0.1, -0.05) is 73.5 Å². The van der Waals surface area contributed by atoms with E-state index in [1.165, 1.54) is 44.1 Å². The number of unbranched alkanes of at least 4 members (excludes halogenated alkanes) is 1. The number of benzene rings is 2. The number of epoxide rings is 1. The normalized spacial score (nSPS) is 20.8. The molecule has 1 saturated heterocycles. The Morgan fingerprint density at radius 2 is 1.84 bits per heavy atom. The molecule has 1 heterocycles. The predicted molar refractivity (Wildman–Crippen MR) is 123 cm³/mol. The Hall–Kier alpha value is -2.26. The lowest BCUT2D eigenvalue weighted by Gasteiger charge is -2.19. The van der Waals surface area contributed by atoms with Crippen molar-refractivity contribution < 1.29 is 13.5 Å². The maximum atomic E-state index is 14.5. The minimum atomic E-state index is -0.789. The van der Waals surface area contributed by atoms with Crippen LogP contribution in [-0.4, -0.2) is 6.61 Å². The molecule has 0 spiro atoms. The van der Waals surface area contributed by atoms with Gasteiger partial charge in [0.1, 0.15) is 6.10 Å². The monoisotopic (exact) mass is 422 g/mol. The zero-order valence-electron chi connectivity index (χ0n) is 18.4. The van der Waals surface area contributed by atoms with Gasteiger partial charge in [-0.15, -0.1) is 0 Å². The highest BCUT2D eigenvalue weighted by molar-refractivity contribution is 5.65. The molecule has 2 aromatic rings. The highest BCUT2D eigenvalue weighted by Gasteiger charge is 2.30. The van der Waals surface area contributed by atoms with Crippen LogP contribution >= 0.6 is 0 Å². The van der Waals surface area contributed by atoms with Crippen LogP contribution in [0.5, 0.6) is 0 Å². The SMILES string of the molecule is CCCCC1=CCC(/C=C/CCc2ccc(-c3ccc(C4CO4)c(F)c3F)cc2)CC1. The third-order valence-electron chi connectivity index (χ3n) is 6.46. The molecule has 0 bridgehead atoms. The van der Waals surface area contributed by atoms with Crippen molar-refractivity contribution in [2.24, 2.45) is 5.92 Å². The molecule has 2 atom stereocenters. The lowest BCUT2D eigenvalue weighted by molar-refractivity contribution is 0.401. The number of aryl methyl sites for hydroxylation is 1. The second-order valence-corrected chi connectivity index (χ2v) is 8.82. The van der Waals surface area contributed by atoms with Gasteiger partial charge in [-0.3, -0.25) is 0 Å². The lowest BCUT2D eigenvalue weighted by atomic mass is 9.87. The zero-order chi connectivity index (χ0) is 21.6. The fourth-order valence-electron chi connectivity index (χ4n) is 4.37. The first-order chi connectivity index (χ1) is 15.2. The van der Waals surface area contributed by atoms with Crippen molar-refractivity contribution in [3.8, 4) is 11.1 Å². The van der Waals surface area contributed by atoms with Crippen LogP contribution in [0, 0.1) is 17.6 Å². The molecule has 1 aliphatic carbocycles. The van der Waals surface area contributed by atoms with E-state index in [1.54, 1.807) is 17.7 Å². The summed E-state index contributed by atoms with van der Waals surface area (Å²) in [6.45, 7) is 2.72.